The molecule has 1 heterocycles. The van der Waals surface area contributed by atoms with Gasteiger partial charge in [-0.2, -0.15) is 5.10 Å². The summed E-state index contributed by atoms with van der Waals surface area (Å²) in [7, 11) is 1.73. The zero-order chi connectivity index (χ0) is 19.5. The Morgan fingerprint density at radius 1 is 1.14 bits per heavy atom. The minimum atomic E-state index is -0.103. The van der Waals surface area contributed by atoms with Crippen molar-refractivity contribution in [2.24, 2.45) is 5.10 Å². The standard InChI is InChI=1S/C23H27N3O2/c1-28-22-12-11-17(15-20(22)16-6-2-3-7-16)21-10-5-13-26(25-21)23(27)18-8-4-9-19(24)14-18/h4,8-9,11-12,14-16H,2-3,5-7,10,13,24H2,1H3. The predicted molar refractivity (Wildman–Crippen MR) is 112 cm³/mol. The number of hydrazone groups is 1. The van der Waals surface area contributed by atoms with E-state index in [4.69, 9.17) is 15.6 Å². The average Bonchev–Trinajstić information content (AvgIpc) is 3.27. The highest BCUT2D eigenvalue weighted by Crippen LogP contribution is 2.39. The fourth-order valence-electron chi connectivity index (χ4n) is 4.28. The van der Waals surface area contributed by atoms with Gasteiger partial charge in [0.1, 0.15) is 5.75 Å². The second kappa shape index (κ2) is 8.05. The molecular formula is C23H27N3O2. The van der Waals surface area contributed by atoms with Crippen LogP contribution in [0.1, 0.15) is 65.9 Å². The van der Waals surface area contributed by atoms with Crippen molar-refractivity contribution in [1.82, 2.24) is 5.01 Å². The van der Waals surface area contributed by atoms with Gasteiger partial charge in [0.05, 0.1) is 12.8 Å². The lowest BCUT2D eigenvalue weighted by Crippen LogP contribution is -2.32. The molecule has 2 aromatic rings. The van der Waals surface area contributed by atoms with E-state index in [-0.39, 0.29) is 5.91 Å². The van der Waals surface area contributed by atoms with Crippen LogP contribution in [0.25, 0.3) is 0 Å². The van der Waals surface area contributed by atoms with Crippen molar-refractivity contribution in [2.45, 2.75) is 44.4 Å². The van der Waals surface area contributed by atoms with E-state index >= 15 is 0 Å². The second-order valence-electron chi connectivity index (χ2n) is 7.64. The fraction of sp³-hybridized carbons (Fsp3) is 0.391. The molecule has 0 saturated heterocycles. The highest BCUT2D eigenvalue weighted by molar-refractivity contribution is 6.03. The molecular weight excluding hydrogens is 350 g/mol. The molecule has 2 aliphatic rings. The topological polar surface area (TPSA) is 67.9 Å². The molecule has 1 fully saturated rings. The van der Waals surface area contributed by atoms with Crippen molar-refractivity contribution in [3.05, 3.63) is 59.2 Å². The number of amides is 1. The number of hydrogen-bond acceptors (Lipinski definition) is 4. The monoisotopic (exact) mass is 377 g/mol. The number of carbonyl (C=O) groups excluding carboxylic acids is 1. The smallest absolute Gasteiger partial charge is 0.274 e. The third-order valence-electron chi connectivity index (χ3n) is 5.75. The number of benzene rings is 2. The minimum Gasteiger partial charge on any atom is -0.496 e. The molecule has 146 valence electrons. The van der Waals surface area contributed by atoms with E-state index in [1.54, 1.807) is 36.4 Å². The minimum absolute atomic E-state index is 0.103. The number of hydrogen-bond donors (Lipinski definition) is 1. The van der Waals surface area contributed by atoms with Gasteiger partial charge in [-0.15, -0.1) is 0 Å². The van der Waals surface area contributed by atoms with Crippen LogP contribution >= 0.6 is 0 Å². The van der Waals surface area contributed by atoms with Crippen molar-refractivity contribution in [2.75, 3.05) is 19.4 Å². The Labute approximate surface area is 166 Å². The van der Waals surface area contributed by atoms with E-state index in [1.807, 2.05) is 6.07 Å². The van der Waals surface area contributed by atoms with Crippen LogP contribution in [0.5, 0.6) is 5.75 Å². The van der Waals surface area contributed by atoms with Gasteiger partial charge in [0.25, 0.3) is 5.91 Å². The van der Waals surface area contributed by atoms with Gasteiger partial charge in [0, 0.05) is 17.8 Å². The average molecular weight is 377 g/mol. The van der Waals surface area contributed by atoms with E-state index in [0.29, 0.717) is 23.7 Å². The fourth-order valence-corrected chi connectivity index (χ4v) is 4.28. The summed E-state index contributed by atoms with van der Waals surface area (Å²) >= 11 is 0. The Balaban J connectivity index is 1.63. The number of nitrogen functional groups attached to an aromatic ring is 1. The zero-order valence-electron chi connectivity index (χ0n) is 16.4. The summed E-state index contributed by atoms with van der Waals surface area (Å²) in [4.78, 5) is 12.8. The number of ether oxygens (including phenoxy) is 1. The molecule has 1 aliphatic carbocycles. The van der Waals surface area contributed by atoms with Gasteiger partial charge >= 0.3 is 0 Å². The van der Waals surface area contributed by atoms with Gasteiger partial charge in [-0.3, -0.25) is 4.79 Å². The van der Waals surface area contributed by atoms with Crippen molar-refractivity contribution in [1.29, 1.82) is 0 Å². The third-order valence-corrected chi connectivity index (χ3v) is 5.75. The highest BCUT2D eigenvalue weighted by Gasteiger charge is 2.24. The molecule has 28 heavy (non-hydrogen) atoms. The first-order valence-electron chi connectivity index (χ1n) is 10.1. The lowest BCUT2D eigenvalue weighted by Gasteiger charge is -2.24. The van der Waals surface area contributed by atoms with Crippen LogP contribution in [-0.2, 0) is 0 Å². The van der Waals surface area contributed by atoms with Crippen LogP contribution in [0.2, 0.25) is 0 Å². The van der Waals surface area contributed by atoms with Crippen molar-refractivity contribution < 1.29 is 9.53 Å². The Bertz CT molecular complexity index is 900. The summed E-state index contributed by atoms with van der Waals surface area (Å²) in [5, 5.41) is 6.28. The molecule has 1 aliphatic heterocycles. The van der Waals surface area contributed by atoms with Crippen LogP contribution in [0.15, 0.2) is 47.6 Å². The Morgan fingerprint density at radius 3 is 2.71 bits per heavy atom. The number of methoxy groups -OCH3 is 1. The summed E-state index contributed by atoms with van der Waals surface area (Å²) in [5.74, 6) is 1.41. The van der Waals surface area contributed by atoms with E-state index < -0.39 is 0 Å². The largest absolute Gasteiger partial charge is 0.496 e. The number of anilines is 1. The first kappa shape index (κ1) is 18.5. The Morgan fingerprint density at radius 2 is 1.96 bits per heavy atom. The molecule has 2 aromatic carbocycles. The first-order chi connectivity index (χ1) is 13.7. The van der Waals surface area contributed by atoms with E-state index in [1.165, 1.54) is 31.2 Å². The molecule has 5 nitrogen and oxygen atoms in total. The summed E-state index contributed by atoms with van der Waals surface area (Å²) < 4.78 is 5.61. The zero-order valence-corrected chi connectivity index (χ0v) is 16.4. The highest BCUT2D eigenvalue weighted by atomic mass is 16.5. The normalized spacial score (nSPS) is 17.5. The van der Waals surface area contributed by atoms with E-state index in [2.05, 4.69) is 12.1 Å². The number of carbonyl (C=O) groups is 1. The molecule has 5 heteroatoms. The second-order valence-corrected chi connectivity index (χ2v) is 7.64. The van der Waals surface area contributed by atoms with Crippen molar-refractivity contribution >= 4 is 17.3 Å². The third kappa shape index (κ3) is 3.75. The quantitative estimate of drug-likeness (QED) is 0.793. The van der Waals surface area contributed by atoms with Gasteiger partial charge in [-0.25, -0.2) is 5.01 Å². The molecule has 0 unspecified atom stereocenters. The lowest BCUT2D eigenvalue weighted by atomic mass is 9.92. The molecule has 4 rings (SSSR count). The lowest BCUT2D eigenvalue weighted by molar-refractivity contribution is 0.0751. The van der Waals surface area contributed by atoms with Gasteiger partial charge in [-0.05, 0) is 79.1 Å². The van der Waals surface area contributed by atoms with Crippen LogP contribution < -0.4 is 10.5 Å². The van der Waals surface area contributed by atoms with Crippen molar-refractivity contribution in [3.8, 4) is 5.75 Å². The summed E-state index contributed by atoms with van der Waals surface area (Å²) in [6.07, 6.45) is 6.76. The maximum atomic E-state index is 12.8. The van der Waals surface area contributed by atoms with E-state index in [0.717, 1.165) is 29.9 Å². The molecule has 0 spiro atoms. The molecule has 0 bridgehead atoms. The van der Waals surface area contributed by atoms with Crippen LogP contribution in [0, 0.1) is 0 Å². The van der Waals surface area contributed by atoms with Crippen LogP contribution in [0.3, 0.4) is 0 Å². The molecule has 1 amide bonds. The Kier molecular flexibility index (Phi) is 5.33. The number of nitrogens with two attached hydrogens (primary N) is 1. The maximum absolute atomic E-state index is 12.8. The molecule has 2 N–H and O–H groups in total. The van der Waals surface area contributed by atoms with E-state index in [9.17, 15) is 4.79 Å². The number of nitrogens with zero attached hydrogens (tertiary/aromatic N) is 2. The SMILES string of the molecule is COc1ccc(C2=NN(C(=O)c3cccc(N)c3)CCC2)cc1C1CCCC1. The number of rotatable bonds is 4. The molecule has 1 saturated carbocycles. The summed E-state index contributed by atoms with van der Waals surface area (Å²) in [6, 6.07) is 13.4. The van der Waals surface area contributed by atoms with Crippen LogP contribution in [-0.4, -0.2) is 30.3 Å². The maximum Gasteiger partial charge on any atom is 0.274 e. The van der Waals surface area contributed by atoms with Gasteiger partial charge in [0.2, 0.25) is 0 Å². The summed E-state index contributed by atoms with van der Waals surface area (Å²) in [5.41, 5.74) is 10.3. The van der Waals surface area contributed by atoms with Gasteiger partial charge in [0.15, 0.2) is 0 Å². The van der Waals surface area contributed by atoms with Crippen molar-refractivity contribution in [3.63, 3.8) is 0 Å². The van der Waals surface area contributed by atoms with Gasteiger partial charge < -0.3 is 10.5 Å². The molecule has 0 aromatic heterocycles. The van der Waals surface area contributed by atoms with Gasteiger partial charge in [-0.1, -0.05) is 18.9 Å². The molecule has 0 atom stereocenters. The predicted octanol–water partition coefficient (Wildman–Crippen LogP) is 4.58. The van der Waals surface area contributed by atoms with Crippen LogP contribution in [0.4, 0.5) is 5.69 Å². The Hall–Kier alpha value is -2.82. The summed E-state index contributed by atoms with van der Waals surface area (Å²) in [6.45, 7) is 0.628. The first-order valence-corrected chi connectivity index (χ1v) is 10.1. The molecule has 0 radical (unpaired) electrons.